The third kappa shape index (κ3) is 3.88. The maximum absolute atomic E-state index is 13.3. The highest BCUT2D eigenvalue weighted by Crippen LogP contribution is 2.25. The summed E-state index contributed by atoms with van der Waals surface area (Å²) in [6.45, 7) is 4.70. The third-order valence-corrected chi connectivity index (χ3v) is 5.59. The van der Waals surface area contributed by atoms with Crippen LogP contribution in [0.5, 0.6) is 5.75 Å². The number of aryl methyl sites for hydroxylation is 1. The van der Waals surface area contributed by atoms with Crippen LogP contribution in [-0.4, -0.2) is 45.5 Å². The molecule has 1 saturated heterocycles. The first-order chi connectivity index (χ1) is 14.1. The molecule has 0 bridgehead atoms. The van der Waals surface area contributed by atoms with Gasteiger partial charge in [0, 0.05) is 12.6 Å². The highest BCUT2D eigenvalue weighted by atomic mass is 16.5. The Morgan fingerprint density at radius 2 is 2.00 bits per heavy atom. The van der Waals surface area contributed by atoms with E-state index < -0.39 is 0 Å². The molecule has 4 rings (SSSR count). The van der Waals surface area contributed by atoms with Crippen LogP contribution < -0.4 is 4.74 Å². The molecule has 6 nitrogen and oxygen atoms in total. The van der Waals surface area contributed by atoms with E-state index in [1.807, 2.05) is 61.2 Å². The normalized spacial score (nSPS) is 16.2. The predicted octanol–water partition coefficient (Wildman–Crippen LogP) is 3.74. The van der Waals surface area contributed by atoms with Crippen LogP contribution in [0.15, 0.2) is 48.5 Å². The molecule has 2 heterocycles. The molecule has 0 saturated carbocycles. The molecular weight excluding hydrogens is 364 g/mol. The summed E-state index contributed by atoms with van der Waals surface area (Å²) in [4.78, 5) is 15.2. The number of ether oxygens (including phenoxy) is 1. The summed E-state index contributed by atoms with van der Waals surface area (Å²) in [6, 6.07) is 16.3. The lowest BCUT2D eigenvalue weighted by Gasteiger charge is -2.24. The zero-order valence-electron chi connectivity index (χ0n) is 17.1. The molecule has 0 N–H and O–H groups in total. The summed E-state index contributed by atoms with van der Waals surface area (Å²) < 4.78 is 7.07. The van der Waals surface area contributed by atoms with E-state index in [0.29, 0.717) is 5.69 Å². The number of likely N-dealkylation sites (tertiary alicyclic amines) is 1. The van der Waals surface area contributed by atoms with Gasteiger partial charge < -0.3 is 9.64 Å². The first kappa shape index (κ1) is 19.2. The standard InChI is InChI=1S/C23H26N4O2/c1-16-7-4-9-20(13-16)27-17(2)22(24-25-27)23(28)26-12-6-10-19(26)14-18-8-5-11-21(15-18)29-3/h4-5,7-9,11,13,15,19H,6,10,12,14H2,1-3H3. The molecule has 1 aliphatic heterocycles. The van der Waals surface area contributed by atoms with Crippen molar-refractivity contribution in [3.8, 4) is 11.4 Å². The van der Waals surface area contributed by atoms with Crippen molar-refractivity contribution < 1.29 is 9.53 Å². The van der Waals surface area contributed by atoms with Crippen LogP contribution in [0, 0.1) is 13.8 Å². The molecule has 0 aliphatic carbocycles. The maximum atomic E-state index is 13.3. The Morgan fingerprint density at radius 1 is 1.17 bits per heavy atom. The number of amides is 1. The molecule has 150 valence electrons. The van der Waals surface area contributed by atoms with Gasteiger partial charge in [0.05, 0.1) is 18.5 Å². The first-order valence-corrected chi connectivity index (χ1v) is 10.00. The molecular formula is C23H26N4O2. The van der Waals surface area contributed by atoms with Crippen molar-refractivity contribution in [2.75, 3.05) is 13.7 Å². The van der Waals surface area contributed by atoms with Crippen LogP contribution in [0.25, 0.3) is 5.69 Å². The molecule has 1 amide bonds. The van der Waals surface area contributed by atoms with E-state index in [4.69, 9.17) is 4.74 Å². The van der Waals surface area contributed by atoms with Crippen LogP contribution in [0.4, 0.5) is 0 Å². The van der Waals surface area contributed by atoms with Gasteiger partial charge in [-0.2, -0.15) is 0 Å². The molecule has 1 aromatic heterocycles. The van der Waals surface area contributed by atoms with Crippen molar-refractivity contribution in [3.05, 3.63) is 71.0 Å². The van der Waals surface area contributed by atoms with Crippen LogP contribution in [-0.2, 0) is 6.42 Å². The van der Waals surface area contributed by atoms with E-state index in [1.165, 1.54) is 5.56 Å². The molecule has 0 spiro atoms. The fourth-order valence-corrected chi connectivity index (χ4v) is 4.05. The van der Waals surface area contributed by atoms with Crippen molar-refractivity contribution in [2.24, 2.45) is 0 Å². The Morgan fingerprint density at radius 3 is 2.79 bits per heavy atom. The lowest BCUT2D eigenvalue weighted by Crippen LogP contribution is -2.37. The highest BCUT2D eigenvalue weighted by molar-refractivity contribution is 5.93. The second-order valence-electron chi connectivity index (χ2n) is 7.62. The van der Waals surface area contributed by atoms with Gasteiger partial charge >= 0.3 is 0 Å². The number of carbonyl (C=O) groups excluding carboxylic acids is 1. The zero-order valence-corrected chi connectivity index (χ0v) is 17.1. The van der Waals surface area contributed by atoms with Gasteiger partial charge in [0.2, 0.25) is 0 Å². The Kier molecular flexibility index (Phi) is 5.34. The van der Waals surface area contributed by atoms with Crippen molar-refractivity contribution in [3.63, 3.8) is 0 Å². The Labute approximate surface area is 171 Å². The van der Waals surface area contributed by atoms with Crippen LogP contribution in [0.3, 0.4) is 0 Å². The molecule has 6 heteroatoms. The van der Waals surface area contributed by atoms with Crippen molar-refractivity contribution in [1.82, 2.24) is 19.9 Å². The van der Waals surface area contributed by atoms with Gasteiger partial charge in [-0.1, -0.05) is 29.5 Å². The van der Waals surface area contributed by atoms with E-state index in [9.17, 15) is 4.79 Å². The number of nitrogens with zero attached hydrogens (tertiary/aromatic N) is 4. The highest BCUT2D eigenvalue weighted by Gasteiger charge is 2.32. The van der Waals surface area contributed by atoms with Gasteiger partial charge in [0.15, 0.2) is 5.69 Å². The van der Waals surface area contributed by atoms with Gasteiger partial charge in [-0.15, -0.1) is 5.10 Å². The van der Waals surface area contributed by atoms with Crippen LogP contribution in [0.1, 0.15) is 40.2 Å². The largest absolute Gasteiger partial charge is 0.497 e. The van der Waals surface area contributed by atoms with Gasteiger partial charge in [-0.3, -0.25) is 4.79 Å². The van der Waals surface area contributed by atoms with E-state index in [2.05, 4.69) is 16.4 Å². The van der Waals surface area contributed by atoms with E-state index in [0.717, 1.165) is 48.5 Å². The molecule has 1 atom stereocenters. The first-order valence-electron chi connectivity index (χ1n) is 10.00. The zero-order chi connectivity index (χ0) is 20.4. The molecule has 0 radical (unpaired) electrons. The fraction of sp³-hybridized carbons (Fsp3) is 0.348. The number of hydrogen-bond acceptors (Lipinski definition) is 4. The lowest BCUT2D eigenvalue weighted by molar-refractivity contribution is 0.0729. The number of methoxy groups -OCH3 is 1. The Hall–Kier alpha value is -3.15. The number of carbonyl (C=O) groups is 1. The molecule has 2 aromatic carbocycles. The van der Waals surface area contributed by atoms with Crippen molar-refractivity contribution in [1.29, 1.82) is 0 Å². The average molecular weight is 390 g/mol. The van der Waals surface area contributed by atoms with Crippen LogP contribution in [0.2, 0.25) is 0 Å². The third-order valence-electron chi connectivity index (χ3n) is 5.59. The predicted molar refractivity (Wildman–Crippen MR) is 112 cm³/mol. The summed E-state index contributed by atoms with van der Waals surface area (Å²) in [7, 11) is 1.67. The molecule has 3 aromatic rings. The summed E-state index contributed by atoms with van der Waals surface area (Å²) >= 11 is 0. The summed E-state index contributed by atoms with van der Waals surface area (Å²) in [6.07, 6.45) is 2.81. The number of rotatable bonds is 5. The summed E-state index contributed by atoms with van der Waals surface area (Å²) in [5.41, 5.74) is 4.44. The van der Waals surface area contributed by atoms with Gasteiger partial charge in [-0.05, 0) is 68.5 Å². The molecule has 1 fully saturated rings. The maximum Gasteiger partial charge on any atom is 0.276 e. The smallest absolute Gasteiger partial charge is 0.276 e. The quantitative estimate of drug-likeness (QED) is 0.666. The minimum atomic E-state index is -0.0354. The molecule has 29 heavy (non-hydrogen) atoms. The topological polar surface area (TPSA) is 60.2 Å². The van der Waals surface area contributed by atoms with E-state index in [1.54, 1.807) is 11.8 Å². The van der Waals surface area contributed by atoms with Gasteiger partial charge in [-0.25, -0.2) is 4.68 Å². The SMILES string of the molecule is COc1cccc(CC2CCCN2C(=O)c2nnn(-c3cccc(C)c3)c2C)c1. The lowest BCUT2D eigenvalue weighted by atomic mass is 10.0. The minimum Gasteiger partial charge on any atom is -0.497 e. The second-order valence-corrected chi connectivity index (χ2v) is 7.62. The number of benzene rings is 2. The van der Waals surface area contributed by atoms with Crippen LogP contribution >= 0.6 is 0 Å². The van der Waals surface area contributed by atoms with Crippen molar-refractivity contribution >= 4 is 5.91 Å². The number of hydrogen-bond donors (Lipinski definition) is 0. The summed E-state index contributed by atoms with van der Waals surface area (Å²) in [5.74, 6) is 0.808. The van der Waals surface area contributed by atoms with Gasteiger partial charge in [0.1, 0.15) is 5.75 Å². The van der Waals surface area contributed by atoms with E-state index in [-0.39, 0.29) is 11.9 Å². The van der Waals surface area contributed by atoms with E-state index >= 15 is 0 Å². The second kappa shape index (κ2) is 8.07. The van der Waals surface area contributed by atoms with Crippen molar-refractivity contribution in [2.45, 2.75) is 39.2 Å². The Balaban J connectivity index is 1.55. The monoisotopic (exact) mass is 390 g/mol. The molecule has 1 aliphatic rings. The average Bonchev–Trinajstić information content (AvgIpc) is 3.34. The fourth-order valence-electron chi connectivity index (χ4n) is 4.05. The number of aromatic nitrogens is 3. The minimum absolute atomic E-state index is 0.0354. The molecule has 1 unspecified atom stereocenters. The Bertz CT molecular complexity index is 1030. The summed E-state index contributed by atoms with van der Waals surface area (Å²) in [5, 5.41) is 8.49. The van der Waals surface area contributed by atoms with Gasteiger partial charge in [0.25, 0.3) is 5.91 Å².